The van der Waals surface area contributed by atoms with Crippen LogP contribution in [0, 0.1) is 5.82 Å². The molecule has 0 radical (unpaired) electrons. The van der Waals surface area contributed by atoms with Crippen LogP contribution in [0.3, 0.4) is 0 Å². The molecule has 2 N–H and O–H groups in total. The first kappa shape index (κ1) is 16.7. The second-order valence-electron chi connectivity index (χ2n) is 5.22. The van der Waals surface area contributed by atoms with Crippen LogP contribution in [-0.2, 0) is 4.79 Å². The van der Waals surface area contributed by atoms with E-state index < -0.39 is 24.4 Å². The molecule has 120 valence electrons. The highest BCUT2D eigenvalue weighted by Gasteiger charge is 2.17. The fourth-order valence-electron chi connectivity index (χ4n) is 2.37. The van der Waals surface area contributed by atoms with Gasteiger partial charge in [0.25, 0.3) is 5.91 Å². The molecule has 0 spiro atoms. The minimum Gasteiger partial charge on any atom is -0.481 e. The van der Waals surface area contributed by atoms with Crippen molar-refractivity contribution >= 4 is 27.9 Å². The summed E-state index contributed by atoms with van der Waals surface area (Å²) in [5.74, 6) is -1.23. The molecule has 5 nitrogen and oxygen atoms in total. The molecule has 0 heterocycles. The number of nitrogens with one attached hydrogen (secondary N) is 2. The largest absolute Gasteiger partial charge is 0.481 e. The van der Waals surface area contributed by atoms with Crippen molar-refractivity contribution in [2.75, 3.05) is 6.61 Å². The lowest BCUT2D eigenvalue weighted by Gasteiger charge is -2.22. The Morgan fingerprint density at radius 2 is 2.00 bits per heavy atom. The average molecular weight is 373 g/mol. The van der Waals surface area contributed by atoms with Gasteiger partial charge in [-0.2, -0.15) is 0 Å². The number of ether oxygens (including phenoxy) is 1. The van der Waals surface area contributed by atoms with Crippen LogP contribution in [0.5, 0.6) is 5.75 Å². The lowest BCUT2D eigenvalue weighted by atomic mass is 9.96. The minimum atomic E-state index is -0.615. The van der Waals surface area contributed by atoms with Gasteiger partial charge < -0.3 is 10.1 Å². The summed E-state index contributed by atoms with van der Waals surface area (Å²) in [5.41, 5.74) is 0. The second-order valence-corrected chi connectivity index (χ2v) is 6.14. The van der Waals surface area contributed by atoms with Gasteiger partial charge in [-0.1, -0.05) is 35.2 Å². The van der Waals surface area contributed by atoms with Crippen LogP contribution in [0.25, 0.3) is 0 Å². The van der Waals surface area contributed by atoms with E-state index in [1.807, 2.05) is 0 Å². The Hall–Kier alpha value is -1.63. The number of hydrogen-bond donors (Lipinski definition) is 2. The third kappa shape index (κ3) is 5.29. The maximum absolute atomic E-state index is 13.5. The fraction of sp³-hybridized carbons (Fsp3) is 0.467. The van der Waals surface area contributed by atoms with Crippen LogP contribution in [-0.4, -0.2) is 24.6 Å². The minimum absolute atomic E-state index is 0.0361. The van der Waals surface area contributed by atoms with Crippen molar-refractivity contribution in [3.63, 3.8) is 0 Å². The van der Waals surface area contributed by atoms with Crippen molar-refractivity contribution in [2.45, 2.75) is 38.1 Å². The van der Waals surface area contributed by atoms with Crippen LogP contribution >= 0.6 is 15.9 Å². The van der Waals surface area contributed by atoms with Crippen LogP contribution < -0.4 is 15.4 Å². The Labute approximate surface area is 136 Å². The van der Waals surface area contributed by atoms with Crippen LogP contribution in [0.2, 0.25) is 0 Å². The van der Waals surface area contributed by atoms with E-state index in [-0.39, 0.29) is 11.8 Å². The second kappa shape index (κ2) is 8.12. The molecular formula is C15H18BrFN2O3. The molecule has 0 bridgehead atoms. The molecule has 0 atom stereocenters. The van der Waals surface area contributed by atoms with Crippen molar-refractivity contribution in [1.29, 1.82) is 0 Å². The molecule has 1 fully saturated rings. The number of halogens is 2. The van der Waals surface area contributed by atoms with E-state index in [4.69, 9.17) is 4.74 Å². The quantitative estimate of drug-likeness (QED) is 0.852. The zero-order chi connectivity index (χ0) is 15.9. The predicted octanol–water partition coefficient (Wildman–Crippen LogP) is 3.13. The molecule has 2 rings (SSSR count). The maximum atomic E-state index is 13.5. The number of amides is 3. The van der Waals surface area contributed by atoms with Crippen molar-refractivity contribution < 1.29 is 18.7 Å². The van der Waals surface area contributed by atoms with Gasteiger partial charge in [-0.3, -0.25) is 10.1 Å². The highest BCUT2D eigenvalue weighted by atomic mass is 79.9. The monoisotopic (exact) mass is 372 g/mol. The molecule has 7 heteroatoms. The molecule has 3 amide bonds. The van der Waals surface area contributed by atoms with E-state index in [2.05, 4.69) is 26.6 Å². The Kier molecular flexibility index (Phi) is 6.18. The van der Waals surface area contributed by atoms with Gasteiger partial charge in [-0.05, 0) is 31.0 Å². The number of benzene rings is 1. The first-order valence-corrected chi connectivity index (χ1v) is 8.02. The predicted molar refractivity (Wildman–Crippen MR) is 83.1 cm³/mol. The van der Waals surface area contributed by atoms with E-state index in [0.717, 1.165) is 25.7 Å². The van der Waals surface area contributed by atoms with Crippen molar-refractivity contribution in [3.8, 4) is 5.75 Å². The summed E-state index contributed by atoms with van der Waals surface area (Å²) in [5, 5.41) is 4.94. The Morgan fingerprint density at radius 3 is 2.68 bits per heavy atom. The van der Waals surface area contributed by atoms with Gasteiger partial charge >= 0.3 is 6.03 Å². The van der Waals surface area contributed by atoms with Gasteiger partial charge in [0.1, 0.15) is 0 Å². The number of carbonyl (C=O) groups is 2. The van der Waals surface area contributed by atoms with Gasteiger partial charge in [0.2, 0.25) is 0 Å². The number of urea groups is 1. The van der Waals surface area contributed by atoms with Crippen LogP contribution in [0.15, 0.2) is 22.7 Å². The van der Waals surface area contributed by atoms with Gasteiger partial charge in [-0.25, -0.2) is 9.18 Å². The third-order valence-electron chi connectivity index (χ3n) is 3.45. The lowest BCUT2D eigenvalue weighted by Crippen LogP contribution is -2.46. The molecule has 22 heavy (non-hydrogen) atoms. The molecule has 0 aliphatic heterocycles. The zero-order valence-electron chi connectivity index (χ0n) is 12.0. The van der Waals surface area contributed by atoms with E-state index in [1.54, 1.807) is 6.07 Å². The van der Waals surface area contributed by atoms with Gasteiger partial charge in [0.05, 0.1) is 0 Å². The van der Waals surface area contributed by atoms with Gasteiger partial charge in [-0.15, -0.1) is 0 Å². The molecule has 1 saturated carbocycles. The summed E-state index contributed by atoms with van der Waals surface area (Å²) in [6, 6.07) is 3.84. The Balaban J connectivity index is 1.73. The van der Waals surface area contributed by atoms with Crippen LogP contribution in [0.1, 0.15) is 32.1 Å². The first-order chi connectivity index (χ1) is 10.5. The molecule has 0 saturated heterocycles. The van der Waals surface area contributed by atoms with Crippen molar-refractivity contribution in [2.24, 2.45) is 0 Å². The number of carbonyl (C=O) groups excluding carboxylic acids is 2. The highest BCUT2D eigenvalue weighted by molar-refractivity contribution is 9.10. The summed E-state index contributed by atoms with van der Waals surface area (Å²) < 4.78 is 19.1. The Bertz CT molecular complexity index is 548. The fourth-order valence-corrected chi connectivity index (χ4v) is 2.70. The maximum Gasteiger partial charge on any atom is 0.321 e. The molecule has 0 aromatic heterocycles. The third-order valence-corrected chi connectivity index (χ3v) is 3.94. The number of hydrogen-bond acceptors (Lipinski definition) is 3. The molecule has 1 aromatic carbocycles. The molecule has 0 unspecified atom stereocenters. The Morgan fingerprint density at radius 1 is 1.27 bits per heavy atom. The normalized spacial score (nSPS) is 15.2. The van der Waals surface area contributed by atoms with E-state index in [1.165, 1.54) is 18.6 Å². The van der Waals surface area contributed by atoms with Crippen molar-refractivity contribution in [3.05, 3.63) is 28.5 Å². The average Bonchev–Trinajstić information content (AvgIpc) is 2.47. The van der Waals surface area contributed by atoms with Gasteiger partial charge in [0, 0.05) is 10.5 Å². The standard InChI is InChI=1S/C15H18BrFN2O3/c16-10-6-7-13(12(17)8-10)22-9-14(20)19-15(21)18-11-4-2-1-3-5-11/h6-8,11H,1-5,9H2,(H2,18,19,20,21). The van der Waals surface area contributed by atoms with Crippen LogP contribution in [0.4, 0.5) is 9.18 Å². The summed E-state index contributed by atoms with van der Waals surface area (Å²) in [7, 11) is 0. The SMILES string of the molecule is O=C(COc1ccc(Br)cc1F)NC(=O)NC1CCCCC1. The van der Waals surface area contributed by atoms with Gasteiger partial charge in [0.15, 0.2) is 18.2 Å². The molecule has 1 aliphatic carbocycles. The topological polar surface area (TPSA) is 67.4 Å². The number of imide groups is 1. The molecule has 1 aliphatic rings. The first-order valence-electron chi connectivity index (χ1n) is 7.23. The summed E-state index contributed by atoms with van der Waals surface area (Å²) in [4.78, 5) is 23.3. The smallest absolute Gasteiger partial charge is 0.321 e. The lowest BCUT2D eigenvalue weighted by molar-refractivity contribution is -0.122. The zero-order valence-corrected chi connectivity index (χ0v) is 13.6. The summed E-state index contributed by atoms with van der Waals surface area (Å²) in [6.45, 7) is -0.420. The molecular weight excluding hydrogens is 355 g/mol. The summed E-state index contributed by atoms with van der Waals surface area (Å²) in [6.07, 6.45) is 5.23. The van der Waals surface area contributed by atoms with E-state index in [0.29, 0.717) is 4.47 Å². The van der Waals surface area contributed by atoms with E-state index in [9.17, 15) is 14.0 Å². The van der Waals surface area contributed by atoms with Crippen molar-refractivity contribution in [1.82, 2.24) is 10.6 Å². The number of rotatable bonds is 4. The van der Waals surface area contributed by atoms with E-state index >= 15 is 0 Å². The molecule has 1 aromatic rings. The highest BCUT2D eigenvalue weighted by Crippen LogP contribution is 2.21. The summed E-state index contributed by atoms with van der Waals surface area (Å²) >= 11 is 3.13.